The molecule has 0 heterocycles. The normalized spacial score (nSPS) is 21.7. The van der Waals surface area contributed by atoms with Gasteiger partial charge >= 0.3 is 0 Å². The van der Waals surface area contributed by atoms with Crippen LogP contribution in [0, 0.1) is 0 Å². The Labute approximate surface area is 66.2 Å². The Balaban J connectivity index is 2.57. The lowest BCUT2D eigenvalue weighted by molar-refractivity contribution is 0.713. The summed E-state index contributed by atoms with van der Waals surface area (Å²) in [6.07, 6.45) is 2.09. The average molecular weight is 148 g/mol. The summed E-state index contributed by atoms with van der Waals surface area (Å²) in [6, 6.07) is 6.20. The van der Waals surface area contributed by atoms with Gasteiger partial charge in [-0.3, -0.25) is 0 Å². The first-order valence-electron chi connectivity index (χ1n) is 3.92. The maximum Gasteiger partial charge on any atom is 0.0349 e. The van der Waals surface area contributed by atoms with E-state index in [4.69, 9.17) is 11.5 Å². The number of hydrogen-bond acceptors (Lipinski definition) is 2. The van der Waals surface area contributed by atoms with E-state index >= 15 is 0 Å². The third kappa shape index (κ3) is 0.906. The standard InChI is InChI=1S/C9H12N2/c10-8-3-1-2-6-7(8)4-5-9(6)11/h1-3,9H,4-5,10-11H2. The Bertz CT molecular complexity index is 281. The van der Waals surface area contributed by atoms with Gasteiger partial charge in [-0.05, 0) is 30.0 Å². The number of hydrogen-bond donors (Lipinski definition) is 2. The van der Waals surface area contributed by atoms with Crippen molar-refractivity contribution >= 4 is 5.69 Å². The second-order valence-electron chi connectivity index (χ2n) is 3.06. The van der Waals surface area contributed by atoms with Gasteiger partial charge in [0.2, 0.25) is 0 Å². The Morgan fingerprint density at radius 3 is 2.91 bits per heavy atom. The zero-order valence-corrected chi connectivity index (χ0v) is 6.38. The molecule has 4 N–H and O–H groups in total. The zero-order chi connectivity index (χ0) is 7.84. The molecule has 0 spiro atoms. The van der Waals surface area contributed by atoms with Crippen molar-refractivity contribution in [3.63, 3.8) is 0 Å². The van der Waals surface area contributed by atoms with Crippen LogP contribution in [-0.4, -0.2) is 0 Å². The number of anilines is 1. The van der Waals surface area contributed by atoms with Gasteiger partial charge in [-0.1, -0.05) is 12.1 Å². The van der Waals surface area contributed by atoms with Crippen molar-refractivity contribution in [1.82, 2.24) is 0 Å². The molecular formula is C9H12N2. The minimum absolute atomic E-state index is 0.216. The number of benzene rings is 1. The van der Waals surface area contributed by atoms with Crippen LogP contribution in [0.1, 0.15) is 23.6 Å². The van der Waals surface area contributed by atoms with Crippen LogP contribution in [0.2, 0.25) is 0 Å². The largest absolute Gasteiger partial charge is 0.398 e. The van der Waals surface area contributed by atoms with Gasteiger partial charge in [-0.2, -0.15) is 0 Å². The quantitative estimate of drug-likeness (QED) is 0.543. The van der Waals surface area contributed by atoms with E-state index in [1.165, 1.54) is 11.1 Å². The van der Waals surface area contributed by atoms with Crippen molar-refractivity contribution in [2.75, 3.05) is 5.73 Å². The summed E-state index contributed by atoms with van der Waals surface area (Å²) in [5, 5.41) is 0. The predicted octanol–water partition coefficient (Wildman–Crippen LogP) is 1.21. The van der Waals surface area contributed by atoms with Crippen molar-refractivity contribution in [2.45, 2.75) is 18.9 Å². The Kier molecular flexibility index (Phi) is 1.36. The molecule has 0 bridgehead atoms. The summed E-state index contributed by atoms with van der Waals surface area (Å²) in [6.45, 7) is 0. The van der Waals surface area contributed by atoms with Crippen LogP contribution in [0.4, 0.5) is 5.69 Å². The molecule has 58 valence electrons. The van der Waals surface area contributed by atoms with Gasteiger partial charge in [0.1, 0.15) is 0 Å². The highest BCUT2D eigenvalue weighted by Crippen LogP contribution is 2.32. The van der Waals surface area contributed by atoms with Gasteiger partial charge in [0, 0.05) is 11.7 Å². The van der Waals surface area contributed by atoms with E-state index in [-0.39, 0.29) is 6.04 Å². The van der Waals surface area contributed by atoms with Crippen molar-refractivity contribution in [3.8, 4) is 0 Å². The highest BCUT2D eigenvalue weighted by Gasteiger charge is 2.19. The van der Waals surface area contributed by atoms with E-state index in [9.17, 15) is 0 Å². The first-order chi connectivity index (χ1) is 5.29. The van der Waals surface area contributed by atoms with E-state index in [2.05, 4.69) is 6.07 Å². The van der Waals surface area contributed by atoms with E-state index in [0.717, 1.165) is 18.5 Å². The molecule has 0 saturated carbocycles. The maximum absolute atomic E-state index is 5.86. The second kappa shape index (κ2) is 2.24. The number of fused-ring (bicyclic) bond motifs is 1. The SMILES string of the molecule is Nc1cccc2c1CCC2N. The Morgan fingerprint density at radius 2 is 2.18 bits per heavy atom. The molecule has 1 aromatic rings. The van der Waals surface area contributed by atoms with Gasteiger partial charge in [0.25, 0.3) is 0 Å². The highest BCUT2D eigenvalue weighted by molar-refractivity contribution is 5.53. The monoisotopic (exact) mass is 148 g/mol. The van der Waals surface area contributed by atoms with E-state index in [0.29, 0.717) is 0 Å². The van der Waals surface area contributed by atoms with Crippen molar-refractivity contribution in [2.24, 2.45) is 5.73 Å². The minimum atomic E-state index is 0.216. The molecule has 2 heteroatoms. The molecule has 2 nitrogen and oxygen atoms in total. The molecule has 1 aliphatic rings. The second-order valence-corrected chi connectivity index (χ2v) is 3.06. The molecule has 1 unspecified atom stereocenters. The van der Waals surface area contributed by atoms with Gasteiger partial charge in [-0.25, -0.2) is 0 Å². The lowest BCUT2D eigenvalue weighted by Crippen LogP contribution is -2.05. The molecule has 0 fully saturated rings. The van der Waals surface area contributed by atoms with Gasteiger partial charge in [0.05, 0.1) is 0 Å². The van der Waals surface area contributed by atoms with Gasteiger partial charge in [-0.15, -0.1) is 0 Å². The number of nitrogen functional groups attached to an aromatic ring is 1. The lowest BCUT2D eigenvalue weighted by Gasteiger charge is -2.04. The smallest absolute Gasteiger partial charge is 0.0349 e. The first-order valence-corrected chi connectivity index (χ1v) is 3.92. The third-order valence-corrected chi connectivity index (χ3v) is 2.35. The fourth-order valence-electron chi connectivity index (χ4n) is 1.71. The summed E-state index contributed by atoms with van der Waals surface area (Å²) >= 11 is 0. The first kappa shape index (κ1) is 6.68. The fraction of sp³-hybridized carbons (Fsp3) is 0.333. The minimum Gasteiger partial charge on any atom is -0.398 e. The van der Waals surface area contributed by atoms with E-state index in [1.54, 1.807) is 0 Å². The zero-order valence-electron chi connectivity index (χ0n) is 6.38. The molecule has 1 aromatic carbocycles. The summed E-state index contributed by atoms with van der Waals surface area (Å²) < 4.78 is 0. The lowest BCUT2D eigenvalue weighted by atomic mass is 10.1. The van der Waals surface area contributed by atoms with Gasteiger partial charge < -0.3 is 11.5 Å². The van der Waals surface area contributed by atoms with E-state index in [1.807, 2.05) is 12.1 Å². The molecule has 0 amide bonds. The third-order valence-electron chi connectivity index (χ3n) is 2.35. The van der Waals surface area contributed by atoms with Crippen LogP contribution in [0.25, 0.3) is 0 Å². The number of nitrogens with two attached hydrogens (primary N) is 2. The topological polar surface area (TPSA) is 52.0 Å². The van der Waals surface area contributed by atoms with Crippen LogP contribution < -0.4 is 11.5 Å². The van der Waals surface area contributed by atoms with Crippen LogP contribution in [0.5, 0.6) is 0 Å². The van der Waals surface area contributed by atoms with Crippen molar-refractivity contribution in [1.29, 1.82) is 0 Å². The van der Waals surface area contributed by atoms with Crippen LogP contribution in [-0.2, 0) is 6.42 Å². The van der Waals surface area contributed by atoms with Crippen LogP contribution in [0.15, 0.2) is 18.2 Å². The maximum atomic E-state index is 5.86. The van der Waals surface area contributed by atoms with Crippen LogP contribution >= 0.6 is 0 Å². The molecule has 0 radical (unpaired) electrons. The summed E-state index contributed by atoms with van der Waals surface area (Å²) in [4.78, 5) is 0. The summed E-state index contributed by atoms with van der Waals surface area (Å²) in [7, 11) is 0. The molecule has 0 aromatic heterocycles. The van der Waals surface area contributed by atoms with Crippen molar-refractivity contribution in [3.05, 3.63) is 29.3 Å². The molecule has 1 atom stereocenters. The van der Waals surface area contributed by atoms with E-state index < -0.39 is 0 Å². The molecular weight excluding hydrogens is 136 g/mol. The predicted molar refractivity (Wildman–Crippen MR) is 46.1 cm³/mol. The average Bonchev–Trinajstić information content (AvgIpc) is 2.35. The summed E-state index contributed by atoms with van der Waals surface area (Å²) in [5.74, 6) is 0. The molecule has 1 aliphatic carbocycles. The molecule has 11 heavy (non-hydrogen) atoms. The Morgan fingerprint density at radius 1 is 1.36 bits per heavy atom. The fourth-order valence-corrected chi connectivity index (χ4v) is 1.71. The highest BCUT2D eigenvalue weighted by atomic mass is 14.7. The number of rotatable bonds is 0. The molecule has 0 saturated heterocycles. The van der Waals surface area contributed by atoms with Crippen LogP contribution in [0.3, 0.4) is 0 Å². The van der Waals surface area contributed by atoms with Crippen molar-refractivity contribution < 1.29 is 0 Å². The van der Waals surface area contributed by atoms with Gasteiger partial charge in [0.15, 0.2) is 0 Å². The molecule has 0 aliphatic heterocycles. The molecule has 2 rings (SSSR count). The summed E-state index contributed by atoms with van der Waals surface area (Å²) in [5.41, 5.74) is 15.0. The Hall–Kier alpha value is -1.02.